The highest BCUT2D eigenvalue weighted by molar-refractivity contribution is 6.34. The summed E-state index contributed by atoms with van der Waals surface area (Å²) in [4.78, 5) is 16.0. The van der Waals surface area contributed by atoms with E-state index in [9.17, 15) is 4.79 Å². The molecule has 0 radical (unpaired) electrons. The molecule has 1 aromatic heterocycles. The highest BCUT2D eigenvalue weighted by Crippen LogP contribution is 2.27. The summed E-state index contributed by atoms with van der Waals surface area (Å²) in [6, 6.07) is 6.87. The summed E-state index contributed by atoms with van der Waals surface area (Å²) < 4.78 is 10.4. The largest absolute Gasteiger partial charge is 0.493 e. The van der Waals surface area contributed by atoms with E-state index in [4.69, 9.17) is 32.7 Å². The topological polar surface area (TPSA) is 60.5 Å². The van der Waals surface area contributed by atoms with Gasteiger partial charge in [-0.2, -0.15) is 0 Å². The van der Waals surface area contributed by atoms with Gasteiger partial charge < -0.3 is 14.8 Å². The standard InChI is InChI=1S/C15H14Cl2N2O3/c1-21-12-4-3-9(5-13(12)22-2)7-19-15(20)11-6-10(16)8-18-14(11)17/h3-6,8H,7H2,1-2H3,(H,19,20). The van der Waals surface area contributed by atoms with Crippen molar-refractivity contribution in [3.05, 3.63) is 51.8 Å². The molecule has 2 rings (SSSR count). The van der Waals surface area contributed by atoms with Crippen LogP contribution in [0.4, 0.5) is 0 Å². The highest BCUT2D eigenvalue weighted by atomic mass is 35.5. The molecule has 1 N–H and O–H groups in total. The average Bonchev–Trinajstić information content (AvgIpc) is 2.54. The summed E-state index contributed by atoms with van der Waals surface area (Å²) in [5, 5.41) is 3.21. The molecule has 0 saturated heterocycles. The van der Waals surface area contributed by atoms with Crippen LogP contribution in [0.2, 0.25) is 10.2 Å². The Kier molecular flexibility index (Phi) is 5.46. The van der Waals surface area contributed by atoms with Crippen molar-refractivity contribution < 1.29 is 14.3 Å². The molecule has 0 unspecified atom stereocenters. The normalized spacial score (nSPS) is 10.2. The van der Waals surface area contributed by atoms with E-state index in [1.54, 1.807) is 26.4 Å². The summed E-state index contributed by atoms with van der Waals surface area (Å²) in [6.45, 7) is 0.308. The molecule has 2 aromatic rings. The molecule has 1 aromatic carbocycles. The van der Waals surface area contributed by atoms with Gasteiger partial charge in [-0.3, -0.25) is 4.79 Å². The molecule has 0 atom stereocenters. The van der Waals surface area contributed by atoms with Crippen LogP contribution in [-0.4, -0.2) is 25.1 Å². The minimum Gasteiger partial charge on any atom is -0.493 e. The van der Waals surface area contributed by atoms with E-state index >= 15 is 0 Å². The molecule has 0 saturated carbocycles. The number of nitrogens with one attached hydrogen (secondary N) is 1. The highest BCUT2D eigenvalue weighted by Gasteiger charge is 2.12. The van der Waals surface area contributed by atoms with Crippen LogP contribution in [0.15, 0.2) is 30.5 Å². The second-order valence-electron chi connectivity index (χ2n) is 4.36. The van der Waals surface area contributed by atoms with Crippen molar-refractivity contribution in [2.24, 2.45) is 0 Å². The Morgan fingerprint density at radius 3 is 2.59 bits per heavy atom. The number of carbonyl (C=O) groups excluding carboxylic acids is 1. The van der Waals surface area contributed by atoms with Gasteiger partial charge in [0.1, 0.15) is 5.15 Å². The van der Waals surface area contributed by atoms with E-state index in [2.05, 4.69) is 10.3 Å². The van der Waals surface area contributed by atoms with Gasteiger partial charge in [0, 0.05) is 12.7 Å². The number of hydrogen-bond donors (Lipinski definition) is 1. The Balaban J connectivity index is 2.09. The molecule has 7 heteroatoms. The molecule has 22 heavy (non-hydrogen) atoms. The van der Waals surface area contributed by atoms with Gasteiger partial charge in [-0.05, 0) is 23.8 Å². The van der Waals surface area contributed by atoms with Crippen LogP contribution >= 0.6 is 23.2 Å². The molecule has 0 spiro atoms. The summed E-state index contributed by atoms with van der Waals surface area (Å²) in [5.74, 6) is 0.867. The van der Waals surface area contributed by atoms with Crippen molar-refractivity contribution in [1.82, 2.24) is 10.3 Å². The van der Waals surface area contributed by atoms with Crippen molar-refractivity contribution in [2.45, 2.75) is 6.54 Å². The van der Waals surface area contributed by atoms with Gasteiger partial charge >= 0.3 is 0 Å². The number of nitrogens with zero attached hydrogens (tertiary/aromatic N) is 1. The first-order valence-electron chi connectivity index (χ1n) is 6.35. The molecule has 1 heterocycles. The number of benzene rings is 1. The maximum absolute atomic E-state index is 12.1. The minimum atomic E-state index is -0.352. The van der Waals surface area contributed by atoms with Crippen molar-refractivity contribution in [1.29, 1.82) is 0 Å². The van der Waals surface area contributed by atoms with E-state index < -0.39 is 0 Å². The number of ether oxygens (including phenoxy) is 2. The molecule has 0 aliphatic carbocycles. The molecular formula is C15H14Cl2N2O3. The Bertz CT molecular complexity index is 692. The lowest BCUT2D eigenvalue weighted by atomic mass is 10.2. The number of methoxy groups -OCH3 is 2. The lowest BCUT2D eigenvalue weighted by molar-refractivity contribution is 0.0950. The van der Waals surface area contributed by atoms with Gasteiger partial charge in [0.25, 0.3) is 5.91 Å². The van der Waals surface area contributed by atoms with Crippen LogP contribution in [0, 0.1) is 0 Å². The molecule has 0 fully saturated rings. The van der Waals surface area contributed by atoms with E-state index in [1.165, 1.54) is 12.3 Å². The summed E-state index contributed by atoms with van der Waals surface area (Å²) in [7, 11) is 3.12. The first-order valence-corrected chi connectivity index (χ1v) is 7.11. The zero-order valence-electron chi connectivity index (χ0n) is 12.0. The average molecular weight is 341 g/mol. The fraction of sp³-hybridized carbons (Fsp3) is 0.200. The van der Waals surface area contributed by atoms with Gasteiger partial charge in [-0.25, -0.2) is 4.98 Å². The smallest absolute Gasteiger partial charge is 0.254 e. The maximum Gasteiger partial charge on any atom is 0.254 e. The van der Waals surface area contributed by atoms with E-state index in [1.807, 2.05) is 6.07 Å². The van der Waals surface area contributed by atoms with E-state index in [0.29, 0.717) is 23.1 Å². The number of rotatable bonds is 5. The maximum atomic E-state index is 12.1. The predicted octanol–water partition coefficient (Wildman–Crippen LogP) is 3.34. The fourth-order valence-corrected chi connectivity index (χ4v) is 2.20. The minimum absolute atomic E-state index is 0.106. The third-order valence-corrected chi connectivity index (χ3v) is 3.46. The van der Waals surface area contributed by atoms with Gasteiger partial charge in [0.2, 0.25) is 0 Å². The second-order valence-corrected chi connectivity index (χ2v) is 5.16. The number of pyridine rings is 1. The molecule has 1 amide bonds. The number of halogens is 2. The van der Waals surface area contributed by atoms with Crippen LogP contribution < -0.4 is 14.8 Å². The van der Waals surface area contributed by atoms with Gasteiger partial charge in [-0.15, -0.1) is 0 Å². The van der Waals surface area contributed by atoms with Gasteiger partial charge in [0.15, 0.2) is 11.5 Å². The van der Waals surface area contributed by atoms with Crippen molar-refractivity contribution in [3.63, 3.8) is 0 Å². The van der Waals surface area contributed by atoms with Crippen molar-refractivity contribution in [2.75, 3.05) is 14.2 Å². The molecule has 0 aliphatic heterocycles. The van der Waals surface area contributed by atoms with Crippen LogP contribution in [0.1, 0.15) is 15.9 Å². The first kappa shape index (κ1) is 16.4. The van der Waals surface area contributed by atoms with Crippen LogP contribution in [0.3, 0.4) is 0 Å². The van der Waals surface area contributed by atoms with E-state index in [-0.39, 0.29) is 16.6 Å². The van der Waals surface area contributed by atoms with Crippen molar-refractivity contribution in [3.8, 4) is 11.5 Å². The molecule has 116 valence electrons. The number of hydrogen-bond acceptors (Lipinski definition) is 4. The summed E-state index contributed by atoms with van der Waals surface area (Å²) in [5.41, 5.74) is 1.09. The van der Waals surface area contributed by atoms with Crippen LogP contribution in [-0.2, 0) is 6.54 Å². The molecule has 5 nitrogen and oxygen atoms in total. The quantitative estimate of drug-likeness (QED) is 0.848. The van der Waals surface area contributed by atoms with Gasteiger partial charge in [0.05, 0.1) is 24.8 Å². The lowest BCUT2D eigenvalue weighted by Gasteiger charge is -2.10. The summed E-state index contributed by atoms with van der Waals surface area (Å²) >= 11 is 11.7. The third-order valence-electron chi connectivity index (χ3n) is 2.95. The zero-order chi connectivity index (χ0) is 16.1. The van der Waals surface area contributed by atoms with Crippen molar-refractivity contribution >= 4 is 29.1 Å². The summed E-state index contributed by atoms with van der Waals surface area (Å²) in [6.07, 6.45) is 1.38. The third kappa shape index (κ3) is 3.81. The van der Waals surface area contributed by atoms with Crippen LogP contribution in [0.5, 0.6) is 11.5 Å². The Labute approximate surface area is 138 Å². The Morgan fingerprint density at radius 2 is 1.91 bits per heavy atom. The van der Waals surface area contributed by atoms with E-state index in [0.717, 1.165) is 5.56 Å². The predicted molar refractivity (Wildman–Crippen MR) is 85.0 cm³/mol. The SMILES string of the molecule is COc1ccc(CNC(=O)c2cc(Cl)cnc2Cl)cc1OC. The monoisotopic (exact) mass is 340 g/mol. The number of carbonyl (C=O) groups is 1. The number of amides is 1. The zero-order valence-corrected chi connectivity index (χ0v) is 13.5. The lowest BCUT2D eigenvalue weighted by Crippen LogP contribution is -2.23. The molecular weight excluding hydrogens is 327 g/mol. The molecule has 0 aliphatic rings. The number of aromatic nitrogens is 1. The Hall–Kier alpha value is -1.98. The van der Waals surface area contributed by atoms with Crippen LogP contribution in [0.25, 0.3) is 0 Å². The molecule has 0 bridgehead atoms. The first-order chi connectivity index (χ1) is 10.5. The Morgan fingerprint density at radius 1 is 1.18 bits per heavy atom. The fourth-order valence-electron chi connectivity index (χ4n) is 1.85. The second kappa shape index (κ2) is 7.33. The van der Waals surface area contributed by atoms with Gasteiger partial charge in [-0.1, -0.05) is 29.3 Å².